The normalized spacial score (nSPS) is 16.6. The van der Waals surface area contributed by atoms with E-state index in [0.717, 1.165) is 22.2 Å². The second-order valence-electron chi connectivity index (χ2n) is 4.42. The minimum atomic E-state index is 0. The van der Waals surface area contributed by atoms with Gasteiger partial charge in [-0.1, -0.05) is 48.5 Å². The smallest absolute Gasteiger partial charge is 0.0465 e. The van der Waals surface area contributed by atoms with Gasteiger partial charge in [0.15, 0.2) is 0 Å². The minimum absolute atomic E-state index is 0. The van der Waals surface area contributed by atoms with Crippen molar-refractivity contribution in [2.45, 2.75) is 44.7 Å². The number of rotatable bonds is 3. The quantitative estimate of drug-likeness (QED) is 0.841. The van der Waals surface area contributed by atoms with Crippen LogP contribution < -0.4 is 5.32 Å². The number of halogens is 3. The SMILES string of the molecule is Cl.Clc1cccc(Cl)c1CNC1CCCCC1. The van der Waals surface area contributed by atoms with E-state index in [0.29, 0.717) is 6.04 Å². The van der Waals surface area contributed by atoms with Gasteiger partial charge in [0.05, 0.1) is 0 Å². The first kappa shape index (κ1) is 15.1. The van der Waals surface area contributed by atoms with Gasteiger partial charge in [-0.2, -0.15) is 0 Å². The van der Waals surface area contributed by atoms with E-state index in [2.05, 4.69) is 5.32 Å². The lowest BCUT2D eigenvalue weighted by atomic mass is 9.95. The molecule has 2 rings (SSSR count). The molecule has 1 aromatic carbocycles. The third kappa shape index (κ3) is 4.33. The largest absolute Gasteiger partial charge is 0.310 e. The average molecular weight is 295 g/mol. The van der Waals surface area contributed by atoms with Gasteiger partial charge in [-0.05, 0) is 25.0 Å². The molecule has 1 aromatic rings. The van der Waals surface area contributed by atoms with Crippen LogP contribution in [0.5, 0.6) is 0 Å². The average Bonchev–Trinajstić information content (AvgIpc) is 2.30. The van der Waals surface area contributed by atoms with Crippen LogP contribution in [0, 0.1) is 0 Å². The molecule has 1 nitrogen and oxygen atoms in total. The van der Waals surface area contributed by atoms with Crippen molar-refractivity contribution in [2.24, 2.45) is 0 Å². The van der Waals surface area contributed by atoms with Crippen LogP contribution in [0.25, 0.3) is 0 Å². The third-order valence-corrected chi connectivity index (χ3v) is 3.94. The Kier molecular flexibility index (Phi) is 6.65. The highest BCUT2D eigenvalue weighted by atomic mass is 35.5. The van der Waals surface area contributed by atoms with E-state index in [-0.39, 0.29) is 12.4 Å². The first-order valence-electron chi connectivity index (χ1n) is 5.93. The summed E-state index contributed by atoms with van der Waals surface area (Å²) in [5, 5.41) is 5.07. The molecule has 0 spiro atoms. The lowest BCUT2D eigenvalue weighted by Gasteiger charge is -2.23. The lowest BCUT2D eigenvalue weighted by Crippen LogP contribution is -2.30. The first-order chi connectivity index (χ1) is 7.77. The predicted molar refractivity (Wildman–Crippen MR) is 77.4 cm³/mol. The molecule has 0 heterocycles. The Balaban J connectivity index is 0.00000144. The Morgan fingerprint density at radius 3 is 2.24 bits per heavy atom. The molecule has 0 saturated heterocycles. The molecule has 1 N–H and O–H groups in total. The molecule has 0 radical (unpaired) electrons. The summed E-state index contributed by atoms with van der Waals surface area (Å²) in [5.74, 6) is 0. The van der Waals surface area contributed by atoms with Crippen LogP contribution in [0.3, 0.4) is 0 Å². The standard InChI is InChI=1S/C13H17Cl2N.ClH/c14-12-7-4-8-13(15)11(12)9-16-10-5-2-1-3-6-10;/h4,7-8,10,16H,1-3,5-6,9H2;1H. The maximum atomic E-state index is 6.12. The molecule has 0 unspecified atom stereocenters. The highest BCUT2D eigenvalue weighted by Crippen LogP contribution is 2.25. The summed E-state index contributed by atoms with van der Waals surface area (Å²) < 4.78 is 0. The van der Waals surface area contributed by atoms with E-state index in [4.69, 9.17) is 23.2 Å². The Bertz CT molecular complexity index is 328. The van der Waals surface area contributed by atoms with Gasteiger partial charge >= 0.3 is 0 Å². The Morgan fingerprint density at radius 2 is 1.65 bits per heavy atom. The zero-order chi connectivity index (χ0) is 11.4. The summed E-state index contributed by atoms with van der Waals surface area (Å²) in [4.78, 5) is 0. The van der Waals surface area contributed by atoms with Crippen LogP contribution in [0.15, 0.2) is 18.2 Å². The van der Waals surface area contributed by atoms with E-state index < -0.39 is 0 Å². The van der Waals surface area contributed by atoms with Crippen molar-refractivity contribution in [3.63, 3.8) is 0 Å². The molecule has 1 saturated carbocycles. The molecular weight excluding hydrogens is 277 g/mol. The van der Waals surface area contributed by atoms with Gasteiger partial charge in [0, 0.05) is 28.2 Å². The predicted octanol–water partition coefficient (Wildman–Crippen LogP) is 4.84. The Hall–Kier alpha value is 0.0500. The maximum Gasteiger partial charge on any atom is 0.0465 e. The van der Waals surface area contributed by atoms with Crippen molar-refractivity contribution in [1.29, 1.82) is 0 Å². The molecule has 1 fully saturated rings. The molecule has 4 heteroatoms. The monoisotopic (exact) mass is 293 g/mol. The minimum Gasteiger partial charge on any atom is -0.310 e. The van der Waals surface area contributed by atoms with Crippen molar-refractivity contribution in [1.82, 2.24) is 5.32 Å². The number of hydrogen-bond donors (Lipinski definition) is 1. The van der Waals surface area contributed by atoms with Gasteiger partial charge in [0.1, 0.15) is 0 Å². The fraction of sp³-hybridized carbons (Fsp3) is 0.538. The van der Waals surface area contributed by atoms with Crippen LogP contribution in [0.4, 0.5) is 0 Å². The summed E-state index contributed by atoms with van der Waals surface area (Å²) in [5.41, 5.74) is 1.02. The van der Waals surface area contributed by atoms with Crippen molar-refractivity contribution in [3.05, 3.63) is 33.8 Å². The van der Waals surface area contributed by atoms with Gasteiger partial charge in [0.25, 0.3) is 0 Å². The molecule has 17 heavy (non-hydrogen) atoms. The second-order valence-corrected chi connectivity index (χ2v) is 5.23. The maximum absolute atomic E-state index is 6.12. The van der Waals surface area contributed by atoms with Gasteiger partial charge < -0.3 is 5.32 Å². The molecule has 0 amide bonds. The number of hydrogen-bond acceptors (Lipinski definition) is 1. The van der Waals surface area contributed by atoms with Crippen molar-refractivity contribution in [2.75, 3.05) is 0 Å². The Morgan fingerprint density at radius 1 is 1.06 bits per heavy atom. The summed E-state index contributed by atoms with van der Waals surface area (Å²) in [7, 11) is 0. The molecule has 0 aromatic heterocycles. The lowest BCUT2D eigenvalue weighted by molar-refractivity contribution is 0.372. The van der Waals surface area contributed by atoms with Gasteiger partial charge in [-0.15, -0.1) is 12.4 Å². The Labute approximate surface area is 119 Å². The van der Waals surface area contributed by atoms with Crippen molar-refractivity contribution < 1.29 is 0 Å². The molecule has 0 bridgehead atoms. The zero-order valence-corrected chi connectivity index (χ0v) is 12.0. The van der Waals surface area contributed by atoms with Crippen LogP contribution in [-0.4, -0.2) is 6.04 Å². The first-order valence-corrected chi connectivity index (χ1v) is 6.69. The fourth-order valence-corrected chi connectivity index (χ4v) is 2.79. The second kappa shape index (κ2) is 7.48. The van der Waals surface area contributed by atoms with Gasteiger partial charge in [0.2, 0.25) is 0 Å². The summed E-state index contributed by atoms with van der Waals surface area (Å²) in [6, 6.07) is 6.31. The molecule has 96 valence electrons. The third-order valence-electron chi connectivity index (χ3n) is 3.23. The highest BCUT2D eigenvalue weighted by Gasteiger charge is 2.13. The van der Waals surface area contributed by atoms with Gasteiger partial charge in [-0.3, -0.25) is 0 Å². The van der Waals surface area contributed by atoms with Crippen LogP contribution in [0.1, 0.15) is 37.7 Å². The number of benzene rings is 1. The van der Waals surface area contributed by atoms with Crippen molar-refractivity contribution in [3.8, 4) is 0 Å². The van der Waals surface area contributed by atoms with E-state index in [1.54, 1.807) is 0 Å². The van der Waals surface area contributed by atoms with Crippen LogP contribution in [0.2, 0.25) is 10.0 Å². The molecule has 1 aliphatic rings. The highest BCUT2D eigenvalue weighted by molar-refractivity contribution is 6.35. The summed E-state index contributed by atoms with van der Waals surface area (Å²) in [6.45, 7) is 0.781. The fourth-order valence-electron chi connectivity index (χ4n) is 2.25. The summed E-state index contributed by atoms with van der Waals surface area (Å²) >= 11 is 12.2. The van der Waals surface area contributed by atoms with Gasteiger partial charge in [-0.25, -0.2) is 0 Å². The van der Waals surface area contributed by atoms with Crippen LogP contribution >= 0.6 is 35.6 Å². The molecular formula is C13H18Cl3N. The molecule has 0 atom stereocenters. The van der Waals surface area contributed by atoms with Crippen molar-refractivity contribution >= 4 is 35.6 Å². The number of nitrogens with one attached hydrogen (secondary N) is 1. The van der Waals surface area contributed by atoms with Crippen LogP contribution in [-0.2, 0) is 6.54 Å². The van der Waals surface area contributed by atoms with E-state index in [9.17, 15) is 0 Å². The zero-order valence-electron chi connectivity index (χ0n) is 9.72. The molecule has 1 aliphatic carbocycles. The topological polar surface area (TPSA) is 12.0 Å². The molecule has 0 aliphatic heterocycles. The summed E-state index contributed by atoms with van der Waals surface area (Å²) in [6.07, 6.45) is 6.62. The van der Waals surface area contributed by atoms with E-state index >= 15 is 0 Å². The van der Waals surface area contributed by atoms with E-state index in [1.807, 2.05) is 18.2 Å². The van der Waals surface area contributed by atoms with E-state index in [1.165, 1.54) is 32.1 Å².